The molecule has 0 amide bonds. The molecule has 1 aliphatic rings. The Balaban J connectivity index is 2.03. The smallest absolute Gasteiger partial charge is 0.231 e. The van der Waals surface area contributed by atoms with E-state index in [4.69, 9.17) is 15.2 Å². The highest BCUT2D eigenvalue weighted by Gasteiger charge is 2.12. The Morgan fingerprint density at radius 1 is 1.44 bits per heavy atom. The fourth-order valence-corrected chi connectivity index (χ4v) is 1.45. The molecule has 0 saturated carbocycles. The lowest BCUT2D eigenvalue weighted by Gasteiger charge is -2.02. The van der Waals surface area contributed by atoms with Crippen LogP contribution in [0.2, 0.25) is 0 Å². The van der Waals surface area contributed by atoms with Crippen LogP contribution >= 0.6 is 0 Å². The zero-order valence-electron chi connectivity index (χ0n) is 9.19. The molecule has 0 bridgehead atoms. The summed E-state index contributed by atoms with van der Waals surface area (Å²) >= 11 is 0. The average Bonchev–Trinajstić information content (AvgIpc) is 2.74. The van der Waals surface area contributed by atoms with Crippen LogP contribution in [0.25, 0.3) is 0 Å². The van der Waals surface area contributed by atoms with Crippen LogP contribution in [0.3, 0.4) is 0 Å². The standard InChI is InChI=1S/C11H15N3O2/c1-2-13-11(12)14-6-8-3-4-9-10(5-8)16-7-15-9/h3-5H,2,6-7H2,1H3,(H3,12,13,14). The lowest BCUT2D eigenvalue weighted by atomic mass is 10.2. The van der Waals surface area contributed by atoms with E-state index in [1.807, 2.05) is 25.1 Å². The molecule has 5 heteroatoms. The van der Waals surface area contributed by atoms with Crippen LogP contribution in [-0.2, 0) is 6.54 Å². The van der Waals surface area contributed by atoms with E-state index in [1.165, 1.54) is 0 Å². The summed E-state index contributed by atoms with van der Waals surface area (Å²) in [6.45, 7) is 3.58. The Morgan fingerprint density at radius 3 is 3.06 bits per heavy atom. The van der Waals surface area contributed by atoms with Crippen molar-refractivity contribution < 1.29 is 9.47 Å². The van der Waals surface area contributed by atoms with Gasteiger partial charge in [-0.15, -0.1) is 0 Å². The first-order valence-electron chi connectivity index (χ1n) is 5.22. The largest absolute Gasteiger partial charge is 0.454 e. The molecule has 5 nitrogen and oxygen atoms in total. The van der Waals surface area contributed by atoms with Crippen molar-refractivity contribution in [2.45, 2.75) is 13.5 Å². The molecular formula is C11H15N3O2. The van der Waals surface area contributed by atoms with Crippen LogP contribution in [-0.4, -0.2) is 19.3 Å². The monoisotopic (exact) mass is 221 g/mol. The van der Waals surface area contributed by atoms with Crippen molar-refractivity contribution in [3.8, 4) is 11.5 Å². The first-order valence-corrected chi connectivity index (χ1v) is 5.22. The van der Waals surface area contributed by atoms with Gasteiger partial charge < -0.3 is 20.5 Å². The molecule has 0 aliphatic carbocycles. The quantitative estimate of drug-likeness (QED) is 0.586. The van der Waals surface area contributed by atoms with Gasteiger partial charge in [-0.3, -0.25) is 0 Å². The number of fused-ring (bicyclic) bond motifs is 1. The Morgan fingerprint density at radius 2 is 2.25 bits per heavy atom. The summed E-state index contributed by atoms with van der Waals surface area (Å²) in [5.74, 6) is 2.02. The van der Waals surface area contributed by atoms with Crippen LogP contribution in [0.4, 0.5) is 0 Å². The number of hydrogen-bond acceptors (Lipinski definition) is 3. The highest BCUT2D eigenvalue weighted by atomic mass is 16.7. The summed E-state index contributed by atoms with van der Waals surface area (Å²) < 4.78 is 10.5. The van der Waals surface area contributed by atoms with Gasteiger partial charge in [0.05, 0.1) is 6.54 Å². The highest BCUT2D eigenvalue weighted by molar-refractivity contribution is 5.77. The van der Waals surface area contributed by atoms with E-state index >= 15 is 0 Å². The molecular weight excluding hydrogens is 206 g/mol. The third-order valence-corrected chi connectivity index (χ3v) is 2.23. The topological polar surface area (TPSA) is 68.9 Å². The minimum atomic E-state index is 0.293. The summed E-state index contributed by atoms with van der Waals surface area (Å²) in [5, 5.41) is 2.94. The third kappa shape index (κ3) is 2.36. The molecule has 0 fully saturated rings. The van der Waals surface area contributed by atoms with Crippen molar-refractivity contribution in [3.05, 3.63) is 23.8 Å². The lowest BCUT2D eigenvalue weighted by molar-refractivity contribution is 0.174. The number of aliphatic imine (C=N–C) groups is 1. The van der Waals surface area contributed by atoms with Gasteiger partial charge in [-0.1, -0.05) is 6.07 Å². The summed E-state index contributed by atoms with van der Waals surface area (Å²) in [6, 6.07) is 5.76. The minimum Gasteiger partial charge on any atom is -0.454 e. The molecule has 2 rings (SSSR count). The molecule has 0 aromatic heterocycles. The van der Waals surface area contributed by atoms with Crippen molar-refractivity contribution in [2.24, 2.45) is 10.7 Å². The number of nitrogens with two attached hydrogens (primary N) is 1. The van der Waals surface area contributed by atoms with E-state index in [1.54, 1.807) is 0 Å². The normalized spacial score (nSPS) is 13.9. The van der Waals surface area contributed by atoms with Gasteiger partial charge in [-0.05, 0) is 24.6 Å². The molecule has 0 saturated heterocycles. The molecule has 0 atom stereocenters. The molecule has 0 radical (unpaired) electrons. The van der Waals surface area contributed by atoms with Crippen molar-refractivity contribution in [1.29, 1.82) is 0 Å². The van der Waals surface area contributed by atoms with Crippen molar-refractivity contribution in [2.75, 3.05) is 13.3 Å². The zero-order chi connectivity index (χ0) is 11.4. The van der Waals surface area contributed by atoms with Crippen molar-refractivity contribution in [3.63, 3.8) is 0 Å². The maximum atomic E-state index is 5.63. The number of nitrogens with one attached hydrogen (secondary N) is 1. The molecule has 0 spiro atoms. The average molecular weight is 221 g/mol. The Labute approximate surface area is 94.3 Å². The van der Waals surface area contributed by atoms with Crippen LogP contribution in [0, 0.1) is 0 Å². The number of hydrogen-bond donors (Lipinski definition) is 2. The predicted octanol–water partition coefficient (Wildman–Crippen LogP) is 0.839. The molecule has 1 heterocycles. The number of guanidine groups is 1. The molecule has 0 unspecified atom stereocenters. The maximum Gasteiger partial charge on any atom is 0.231 e. The summed E-state index contributed by atoms with van der Waals surface area (Å²) in [5.41, 5.74) is 6.67. The zero-order valence-corrected chi connectivity index (χ0v) is 9.19. The van der Waals surface area contributed by atoms with E-state index in [-0.39, 0.29) is 0 Å². The Hall–Kier alpha value is -1.91. The summed E-state index contributed by atoms with van der Waals surface area (Å²) in [7, 11) is 0. The molecule has 16 heavy (non-hydrogen) atoms. The second-order valence-corrected chi connectivity index (χ2v) is 3.42. The lowest BCUT2D eigenvalue weighted by Crippen LogP contribution is -2.31. The van der Waals surface area contributed by atoms with Gasteiger partial charge in [0.1, 0.15) is 0 Å². The first kappa shape index (κ1) is 10.6. The fraction of sp³-hybridized carbons (Fsp3) is 0.364. The third-order valence-electron chi connectivity index (χ3n) is 2.23. The van der Waals surface area contributed by atoms with Crippen LogP contribution in [0.1, 0.15) is 12.5 Å². The minimum absolute atomic E-state index is 0.293. The molecule has 1 aromatic rings. The van der Waals surface area contributed by atoms with E-state index in [2.05, 4.69) is 10.3 Å². The predicted molar refractivity (Wildman–Crippen MR) is 61.6 cm³/mol. The van der Waals surface area contributed by atoms with E-state index < -0.39 is 0 Å². The van der Waals surface area contributed by atoms with Crippen LogP contribution < -0.4 is 20.5 Å². The number of nitrogens with zero attached hydrogens (tertiary/aromatic N) is 1. The van der Waals surface area contributed by atoms with Gasteiger partial charge >= 0.3 is 0 Å². The van der Waals surface area contributed by atoms with Crippen LogP contribution in [0.5, 0.6) is 11.5 Å². The van der Waals surface area contributed by atoms with E-state index in [0.717, 1.165) is 23.6 Å². The second-order valence-electron chi connectivity index (χ2n) is 3.42. The van der Waals surface area contributed by atoms with Gasteiger partial charge in [0.15, 0.2) is 17.5 Å². The van der Waals surface area contributed by atoms with Crippen molar-refractivity contribution in [1.82, 2.24) is 5.32 Å². The molecule has 1 aromatic carbocycles. The second kappa shape index (κ2) is 4.74. The Bertz CT molecular complexity index is 404. The number of ether oxygens (including phenoxy) is 2. The molecule has 1 aliphatic heterocycles. The highest BCUT2D eigenvalue weighted by Crippen LogP contribution is 2.32. The van der Waals surface area contributed by atoms with E-state index in [9.17, 15) is 0 Å². The summed E-state index contributed by atoms with van der Waals surface area (Å²) in [4.78, 5) is 4.20. The van der Waals surface area contributed by atoms with Gasteiger partial charge in [-0.2, -0.15) is 0 Å². The molecule has 3 N–H and O–H groups in total. The van der Waals surface area contributed by atoms with Gasteiger partial charge in [0.25, 0.3) is 0 Å². The van der Waals surface area contributed by atoms with Crippen molar-refractivity contribution >= 4 is 5.96 Å². The fourth-order valence-electron chi connectivity index (χ4n) is 1.45. The number of benzene rings is 1. The summed E-state index contributed by atoms with van der Waals surface area (Å²) in [6.07, 6.45) is 0. The van der Waals surface area contributed by atoms with E-state index in [0.29, 0.717) is 19.3 Å². The van der Waals surface area contributed by atoms with Gasteiger partial charge in [-0.25, -0.2) is 4.99 Å². The van der Waals surface area contributed by atoms with Crippen LogP contribution in [0.15, 0.2) is 23.2 Å². The number of rotatable bonds is 3. The molecule has 86 valence electrons. The van der Waals surface area contributed by atoms with Gasteiger partial charge in [0.2, 0.25) is 6.79 Å². The first-order chi connectivity index (χ1) is 7.79. The Kier molecular flexibility index (Phi) is 3.14. The maximum absolute atomic E-state index is 5.63. The van der Waals surface area contributed by atoms with Gasteiger partial charge in [0, 0.05) is 6.54 Å². The SMILES string of the molecule is CCNC(N)=NCc1ccc2c(c1)OCO2.